The van der Waals surface area contributed by atoms with Gasteiger partial charge >= 0.3 is 0 Å². The standard InChI is InChI=1S/C14H24N4O/c1-9(2)13-7-12(17-18(13)4)14(19)16-11-5-6-15-8-10(11)3/h7,9-11,15H,5-6,8H2,1-4H3,(H,16,19). The van der Waals surface area contributed by atoms with Crippen molar-refractivity contribution < 1.29 is 4.79 Å². The largest absolute Gasteiger partial charge is 0.348 e. The molecule has 0 aliphatic carbocycles. The minimum atomic E-state index is -0.0544. The maximum Gasteiger partial charge on any atom is 0.272 e. The van der Waals surface area contributed by atoms with Gasteiger partial charge in [0.2, 0.25) is 0 Å². The van der Waals surface area contributed by atoms with E-state index in [1.54, 1.807) is 4.68 Å². The Kier molecular flexibility index (Phi) is 4.24. The Morgan fingerprint density at radius 2 is 2.32 bits per heavy atom. The number of nitrogens with zero attached hydrogens (tertiary/aromatic N) is 2. The topological polar surface area (TPSA) is 59.0 Å². The molecule has 19 heavy (non-hydrogen) atoms. The van der Waals surface area contributed by atoms with Crippen molar-refractivity contribution in [3.05, 3.63) is 17.5 Å². The van der Waals surface area contributed by atoms with E-state index in [1.165, 1.54) is 0 Å². The van der Waals surface area contributed by atoms with E-state index in [0.717, 1.165) is 25.2 Å². The number of nitrogens with one attached hydrogen (secondary N) is 2. The summed E-state index contributed by atoms with van der Waals surface area (Å²) in [5.41, 5.74) is 1.61. The van der Waals surface area contributed by atoms with Crippen LogP contribution in [-0.2, 0) is 7.05 Å². The summed E-state index contributed by atoms with van der Waals surface area (Å²) >= 11 is 0. The molecule has 1 aliphatic heterocycles. The van der Waals surface area contributed by atoms with E-state index in [4.69, 9.17) is 0 Å². The van der Waals surface area contributed by atoms with E-state index < -0.39 is 0 Å². The third-order valence-electron chi connectivity index (χ3n) is 3.84. The zero-order valence-electron chi connectivity index (χ0n) is 12.2. The van der Waals surface area contributed by atoms with Crippen molar-refractivity contribution in [2.75, 3.05) is 13.1 Å². The fourth-order valence-corrected chi connectivity index (χ4v) is 2.60. The Morgan fingerprint density at radius 3 is 2.89 bits per heavy atom. The third-order valence-corrected chi connectivity index (χ3v) is 3.84. The molecule has 0 aromatic carbocycles. The van der Waals surface area contributed by atoms with Crippen molar-refractivity contribution in [1.29, 1.82) is 0 Å². The normalized spacial score (nSPS) is 23.6. The first-order valence-electron chi connectivity index (χ1n) is 7.04. The Morgan fingerprint density at radius 1 is 1.58 bits per heavy atom. The first kappa shape index (κ1) is 14.1. The molecule has 0 saturated carbocycles. The highest BCUT2D eigenvalue weighted by Crippen LogP contribution is 2.16. The number of carbonyl (C=O) groups excluding carboxylic acids is 1. The molecule has 1 aliphatic rings. The van der Waals surface area contributed by atoms with Crippen LogP contribution in [0.2, 0.25) is 0 Å². The summed E-state index contributed by atoms with van der Waals surface area (Å²) in [4.78, 5) is 12.2. The SMILES string of the molecule is CC(C)c1cc(C(=O)NC2CCNCC2C)nn1C. The van der Waals surface area contributed by atoms with Crippen molar-refractivity contribution in [3.8, 4) is 0 Å². The zero-order valence-corrected chi connectivity index (χ0v) is 12.2. The average molecular weight is 264 g/mol. The summed E-state index contributed by atoms with van der Waals surface area (Å²) in [6.07, 6.45) is 0.983. The number of amides is 1. The van der Waals surface area contributed by atoms with Crippen molar-refractivity contribution in [3.63, 3.8) is 0 Å². The average Bonchev–Trinajstić information content (AvgIpc) is 2.74. The maximum absolute atomic E-state index is 12.2. The monoisotopic (exact) mass is 264 g/mol. The number of rotatable bonds is 3. The molecule has 5 nitrogen and oxygen atoms in total. The summed E-state index contributed by atoms with van der Waals surface area (Å²) in [5.74, 6) is 0.782. The summed E-state index contributed by atoms with van der Waals surface area (Å²) in [6.45, 7) is 8.30. The van der Waals surface area contributed by atoms with Crippen LogP contribution in [0.3, 0.4) is 0 Å². The summed E-state index contributed by atoms with van der Waals surface area (Å²) in [6, 6.07) is 2.14. The van der Waals surface area contributed by atoms with Gasteiger partial charge in [-0.05, 0) is 37.4 Å². The fourth-order valence-electron chi connectivity index (χ4n) is 2.60. The Bertz CT molecular complexity index is 452. The Balaban J connectivity index is 2.05. The molecule has 2 rings (SSSR count). The van der Waals surface area contributed by atoms with Crippen LogP contribution in [0.4, 0.5) is 0 Å². The number of aryl methyl sites for hydroxylation is 1. The molecule has 106 valence electrons. The fraction of sp³-hybridized carbons (Fsp3) is 0.714. The Labute approximate surface area is 114 Å². The molecule has 0 bridgehead atoms. The van der Waals surface area contributed by atoms with Gasteiger partial charge in [0, 0.05) is 18.8 Å². The van der Waals surface area contributed by atoms with Gasteiger partial charge in [0.25, 0.3) is 5.91 Å². The summed E-state index contributed by atoms with van der Waals surface area (Å²) in [7, 11) is 1.89. The lowest BCUT2D eigenvalue weighted by Crippen LogP contribution is -2.48. The van der Waals surface area contributed by atoms with Crippen molar-refractivity contribution in [2.45, 2.75) is 39.2 Å². The summed E-state index contributed by atoms with van der Waals surface area (Å²) < 4.78 is 1.80. The first-order valence-corrected chi connectivity index (χ1v) is 7.04. The van der Waals surface area contributed by atoms with E-state index in [9.17, 15) is 4.79 Å². The van der Waals surface area contributed by atoms with Crippen LogP contribution in [0.5, 0.6) is 0 Å². The van der Waals surface area contributed by atoms with Gasteiger partial charge in [-0.25, -0.2) is 0 Å². The predicted octanol–water partition coefficient (Wildman–Crippen LogP) is 1.27. The van der Waals surface area contributed by atoms with E-state index in [-0.39, 0.29) is 11.9 Å². The number of piperidine rings is 1. The van der Waals surface area contributed by atoms with Gasteiger partial charge in [0.1, 0.15) is 5.69 Å². The highest BCUT2D eigenvalue weighted by Gasteiger charge is 2.24. The van der Waals surface area contributed by atoms with Crippen molar-refractivity contribution >= 4 is 5.91 Å². The molecule has 1 saturated heterocycles. The predicted molar refractivity (Wildman–Crippen MR) is 75.2 cm³/mol. The van der Waals surface area contributed by atoms with Crippen LogP contribution in [0.15, 0.2) is 6.07 Å². The number of hydrogen-bond acceptors (Lipinski definition) is 3. The zero-order chi connectivity index (χ0) is 14.0. The molecule has 1 fully saturated rings. The second-order valence-electron chi connectivity index (χ2n) is 5.78. The molecule has 0 spiro atoms. The molecule has 1 aromatic rings. The van der Waals surface area contributed by atoms with Crippen LogP contribution in [0, 0.1) is 5.92 Å². The van der Waals surface area contributed by atoms with Crippen LogP contribution in [-0.4, -0.2) is 34.8 Å². The van der Waals surface area contributed by atoms with E-state index in [2.05, 4.69) is 36.5 Å². The lowest BCUT2D eigenvalue weighted by molar-refractivity contribution is 0.0908. The number of hydrogen-bond donors (Lipinski definition) is 2. The molecular formula is C14H24N4O. The van der Waals surface area contributed by atoms with Gasteiger partial charge in [-0.3, -0.25) is 9.48 Å². The third kappa shape index (κ3) is 3.15. The quantitative estimate of drug-likeness (QED) is 0.864. The summed E-state index contributed by atoms with van der Waals surface area (Å²) in [5, 5.41) is 10.8. The highest BCUT2D eigenvalue weighted by molar-refractivity contribution is 5.92. The highest BCUT2D eigenvalue weighted by atomic mass is 16.2. The van der Waals surface area contributed by atoms with Crippen LogP contribution in [0.1, 0.15) is 49.3 Å². The first-order chi connectivity index (χ1) is 8.99. The number of carbonyl (C=O) groups is 1. The second kappa shape index (κ2) is 5.74. The van der Waals surface area contributed by atoms with Gasteiger partial charge in [0.15, 0.2) is 0 Å². The van der Waals surface area contributed by atoms with E-state index >= 15 is 0 Å². The molecular weight excluding hydrogens is 240 g/mol. The van der Waals surface area contributed by atoms with Gasteiger partial charge in [0.05, 0.1) is 0 Å². The maximum atomic E-state index is 12.2. The van der Waals surface area contributed by atoms with E-state index in [0.29, 0.717) is 17.5 Å². The minimum Gasteiger partial charge on any atom is -0.348 e. The molecule has 2 heterocycles. The molecule has 1 amide bonds. The molecule has 1 aromatic heterocycles. The second-order valence-corrected chi connectivity index (χ2v) is 5.78. The van der Waals surface area contributed by atoms with E-state index in [1.807, 2.05) is 13.1 Å². The molecule has 5 heteroatoms. The lowest BCUT2D eigenvalue weighted by Gasteiger charge is -2.29. The minimum absolute atomic E-state index is 0.0544. The van der Waals surface area contributed by atoms with Gasteiger partial charge in [-0.1, -0.05) is 20.8 Å². The molecule has 2 atom stereocenters. The van der Waals surface area contributed by atoms with Crippen LogP contribution < -0.4 is 10.6 Å². The molecule has 0 radical (unpaired) electrons. The Hall–Kier alpha value is -1.36. The van der Waals surface area contributed by atoms with Crippen LogP contribution in [0.25, 0.3) is 0 Å². The molecule has 2 N–H and O–H groups in total. The van der Waals surface area contributed by atoms with Crippen molar-refractivity contribution in [2.24, 2.45) is 13.0 Å². The van der Waals surface area contributed by atoms with Crippen molar-refractivity contribution in [1.82, 2.24) is 20.4 Å². The molecule has 2 unspecified atom stereocenters. The van der Waals surface area contributed by atoms with Crippen LogP contribution >= 0.6 is 0 Å². The smallest absolute Gasteiger partial charge is 0.272 e. The number of aromatic nitrogens is 2. The van der Waals surface area contributed by atoms with Gasteiger partial charge in [-0.2, -0.15) is 5.10 Å². The lowest BCUT2D eigenvalue weighted by atomic mass is 9.95. The van der Waals surface area contributed by atoms with Gasteiger partial charge in [-0.15, -0.1) is 0 Å². The van der Waals surface area contributed by atoms with Gasteiger partial charge < -0.3 is 10.6 Å².